The van der Waals surface area contributed by atoms with Crippen molar-refractivity contribution in [2.75, 3.05) is 145 Å². The smallest absolute Gasteiger partial charge is 0.119 e. The van der Waals surface area contributed by atoms with Gasteiger partial charge in [-0.05, 0) is 30.5 Å². The molecule has 0 N–H and O–H groups in total. The first kappa shape index (κ1) is 44.9. The van der Waals surface area contributed by atoms with Gasteiger partial charge in [0.1, 0.15) is 12.4 Å². The van der Waals surface area contributed by atoms with E-state index in [2.05, 4.69) is 31.2 Å². The van der Waals surface area contributed by atoms with Crippen molar-refractivity contribution >= 4 is 11.6 Å². The van der Waals surface area contributed by atoms with E-state index in [0.717, 1.165) is 12.2 Å². The molecule has 1 rings (SSSR count). The van der Waals surface area contributed by atoms with E-state index in [0.29, 0.717) is 145 Å². The van der Waals surface area contributed by atoms with Gasteiger partial charge in [-0.3, -0.25) is 0 Å². The fraction of sp³-hybridized carbons (Fsp3) is 0.833. The van der Waals surface area contributed by atoms with Crippen molar-refractivity contribution in [2.45, 2.75) is 51.9 Å². The summed E-state index contributed by atoms with van der Waals surface area (Å²) in [7, 11) is 0. The van der Waals surface area contributed by atoms with Crippen molar-refractivity contribution in [3.8, 4) is 5.75 Å². The van der Waals surface area contributed by atoms with E-state index in [4.69, 9.17) is 63.7 Å². The average Bonchev–Trinajstić information content (AvgIpc) is 3.11. The van der Waals surface area contributed by atoms with Crippen LogP contribution in [0, 0.1) is 0 Å². The predicted molar refractivity (Wildman–Crippen MR) is 188 cm³/mol. The minimum Gasteiger partial charge on any atom is -0.491 e. The number of hydrogen-bond acceptors (Lipinski definition) is 11. The van der Waals surface area contributed by atoms with Crippen LogP contribution in [0.5, 0.6) is 5.75 Å². The number of alkyl halides is 1. The zero-order valence-electron chi connectivity index (χ0n) is 29.7. The number of rotatable bonds is 40. The molecule has 0 spiro atoms. The maximum Gasteiger partial charge on any atom is 0.119 e. The number of halogens is 1. The van der Waals surface area contributed by atoms with Crippen molar-refractivity contribution in [1.29, 1.82) is 0 Å². The molecule has 0 bridgehead atoms. The monoisotopic (exact) mass is 708 g/mol. The summed E-state index contributed by atoms with van der Waals surface area (Å²) in [6.07, 6.45) is 9.09. The van der Waals surface area contributed by atoms with E-state index < -0.39 is 0 Å². The zero-order valence-corrected chi connectivity index (χ0v) is 30.4. The van der Waals surface area contributed by atoms with Crippen LogP contribution in [0.15, 0.2) is 24.3 Å². The molecule has 0 unspecified atom stereocenters. The van der Waals surface area contributed by atoms with E-state index in [1.165, 1.54) is 44.1 Å². The number of unbranched alkanes of at least 4 members (excludes halogenated alkanes) is 5. The molecule has 0 saturated carbocycles. The van der Waals surface area contributed by atoms with Gasteiger partial charge in [-0.25, -0.2) is 0 Å². The molecule has 0 aliphatic heterocycles. The van der Waals surface area contributed by atoms with Gasteiger partial charge in [0.25, 0.3) is 0 Å². The summed E-state index contributed by atoms with van der Waals surface area (Å²) in [5.41, 5.74) is 1.38. The molecule has 0 aliphatic carbocycles. The van der Waals surface area contributed by atoms with Crippen molar-refractivity contribution in [3.63, 3.8) is 0 Å². The van der Waals surface area contributed by atoms with Gasteiger partial charge < -0.3 is 52.1 Å². The number of aryl methyl sites for hydroxylation is 1. The molecular formula is C36H65ClO11. The lowest BCUT2D eigenvalue weighted by atomic mass is 10.0. The number of ether oxygens (including phenoxy) is 11. The van der Waals surface area contributed by atoms with Crippen molar-refractivity contribution < 1.29 is 52.1 Å². The first-order valence-electron chi connectivity index (χ1n) is 17.9. The Kier molecular flexibility index (Phi) is 36.2. The van der Waals surface area contributed by atoms with Crippen LogP contribution in [-0.4, -0.2) is 145 Å². The Bertz CT molecular complexity index is 745. The van der Waals surface area contributed by atoms with Crippen LogP contribution in [-0.2, 0) is 53.8 Å². The maximum atomic E-state index is 5.77. The lowest BCUT2D eigenvalue weighted by Crippen LogP contribution is -2.15. The van der Waals surface area contributed by atoms with Gasteiger partial charge in [-0.2, -0.15) is 0 Å². The van der Waals surface area contributed by atoms with Crippen LogP contribution in [0.25, 0.3) is 0 Å². The summed E-state index contributed by atoms with van der Waals surface area (Å²) >= 11 is 5.52. The molecule has 48 heavy (non-hydrogen) atoms. The molecule has 0 aliphatic rings. The lowest BCUT2D eigenvalue weighted by Gasteiger charge is -2.09. The third-order valence-corrected chi connectivity index (χ3v) is 6.96. The van der Waals surface area contributed by atoms with Crippen molar-refractivity contribution in [3.05, 3.63) is 29.8 Å². The van der Waals surface area contributed by atoms with Gasteiger partial charge in [0.2, 0.25) is 0 Å². The zero-order chi connectivity index (χ0) is 34.3. The van der Waals surface area contributed by atoms with E-state index in [9.17, 15) is 0 Å². The number of hydrogen-bond donors (Lipinski definition) is 0. The van der Waals surface area contributed by atoms with Gasteiger partial charge in [0.15, 0.2) is 0 Å². The molecule has 1 aromatic carbocycles. The summed E-state index contributed by atoms with van der Waals surface area (Å²) < 4.78 is 60.3. The van der Waals surface area contributed by atoms with Crippen LogP contribution in [0.2, 0.25) is 0 Å². The second-order valence-electron chi connectivity index (χ2n) is 10.8. The Morgan fingerprint density at radius 1 is 0.375 bits per heavy atom. The van der Waals surface area contributed by atoms with Crippen LogP contribution < -0.4 is 4.74 Å². The van der Waals surface area contributed by atoms with Crippen LogP contribution >= 0.6 is 11.6 Å². The molecular weight excluding hydrogens is 644 g/mol. The van der Waals surface area contributed by atoms with Gasteiger partial charge in [-0.15, -0.1) is 11.6 Å². The summed E-state index contributed by atoms with van der Waals surface area (Å²) in [6, 6.07) is 8.43. The molecule has 0 heterocycles. The number of benzene rings is 1. The third-order valence-electron chi connectivity index (χ3n) is 6.81. The van der Waals surface area contributed by atoms with Gasteiger partial charge in [0.05, 0.1) is 132 Å². The Labute approximate surface area is 295 Å². The minimum atomic E-state index is 0.499. The highest BCUT2D eigenvalue weighted by atomic mass is 35.5. The second-order valence-corrected chi connectivity index (χ2v) is 11.2. The first-order chi connectivity index (χ1) is 23.9. The SMILES string of the molecule is CCCCCCCCc1ccc(OCCOCCOCCOCCOCCOCCOCCOCCOCCOCCOCCCl)cc1. The molecule has 0 fully saturated rings. The highest BCUT2D eigenvalue weighted by Crippen LogP contribution is 2.15. The summed E-state index contributed by atoms with van der Waals surface area (Å²) in [6.45, 7) is 13.3. The standard InChI is InChI=1S/C36H65ClO11/c1-2-3-4-5-6-7-8-35-9-11-36(12-10-35)48-34-33-47-32-31-46-30-29-45-28-27-44-26-25-43-24-23-42-22-21-41-20-19-40-18-17-39-16-15-38-14-13-37/h9-12H,2-8,13-34H2,1H3. The van der Waals surface area contributed by atoms with Crippen LogP contribution in [0.1, 0.15) is 51.0 Å². The predicted octanol–water partition coefficient (Wildman–Crippen LogP) is 5.37. The molecule has 1 aromatic rings. The normalized spacial score (nSPS) is 11.5. The Morgan fingerprint density at radius 2 is 0.688 bits per heavy atom. The summed E-state index contributed by atoms with van der Waals surface area (Å²) in [4.78, 5) is 0. The largest absolute Gasteiger partial charge is 0.491 e. The van der Waals surface area contributed by atoms with Gasteiger partial charge in [0, 0.05) is 5.88 Å². The lowest BCUT2D eigenvalue weighted by molar-refractivity contribution is -0.0265. The van der Waals surface area contributed by atoms with E-state index in [-0.39, 0.29) is 0 Å². The van der Waals surface area contributed by atoms with E-state index in [1.54, 1.807) is 0 Å². The first-order valence-corrected chi connectivity index (χ1v) is 18.5. The third kappa shape index (κ3) is 33.4. The van der Waals surface area contributed by atoms with Crippen molar-refractivity contribution in [1.82, 2.24) is 0 Å². The fourth-order valence-corrected chi connectivity index (χ4v) is 4.33. The maximum absolute atomic E-state index is 5.77. The molecule has 12 heteroatoms. The topological polar surface area (TPSA) is 102 Å². The highest BCUT2D eigenvalue weighted by molar-refractivity contribution is 6.17. The van der Waals surface area contributed by atoms with Crippen LogP contribution in [0.3, 0.4) is 0 Å². The molecule has 282 valence electrons. The quantitative estimate of drug-likeness (QED) is 0.0650. The molecule has 0 aromatic heterocycles. The van der Waals surface area contributed by atoms with E-state index >= 15 is 0 Å². The Morgan fingerprint density at radius 3 is 1.04 bits per heavy atom. The molecule has 0 atom stereocenters. The van der Waals surface area contributed by atoms with Gasteiger partial charge >= 0.3 is 0 Å². The van der Waals surface area contributed by atoms with Crippen LogP contribution in [0.4, 0.5) is 0 Å². The molecule has 11 nitrogen and oxygen atoms in total. The Hall–Kier alpha value is -1.09. The van der Waals surface area contributed by atoms with Gasteiger partial charge in [-0.1, -0.05) is 51.2 Å². The highest BCUT2D eigenvalue weighted by Gasteiger charge is 1.99. The average molecular weight is 709 g/mol. The molecule has 0 saturated heterocycles. The van der Waals surface area contributed by atoms with Crippen molar-refractivity contribution in [2.24, 2.45) is 0 Å². The molecule has 0 radical (unpaired) electrons. The Balaban J connectivity index is 1.69. The fourth-order valence-electron chi connectivity index (χ4n) is 4.22. The summed E-state index contributed by atoms with van der Waals surface area (Å²) in [5.74, 6) is 1.38. The second kappa shape index (κ2) is 38.7. The molecule has 0 amide bonds. The minimum absolute atomic E-state index is 0.499. The summed E-state index contributed by atoms with van der Waals surface area (Å²) in [5, 5.41) is 0. The van der Waals surface area contributed by atoms with E-state index in [1.807, 2.05) is 0 Å².